The molecule has 0 amide bonds. The standard InChI is InChI=1S/C24H22O5/c1-16(25)28-20-10-7-18-8-12-22(29-23(18)14-20)21-11-9-19(26)13-24(21)27-15-17-5-3-2-4-6-17/h2-7,9-11,13-14,22,26H,8,12,15H2,1H3. The van der Waals surface area contributed by atoms with Gasteiger partial charge in [-0.1, -0.05) is 36.4 Å². The summed E-state index contributed by atoms with van der Waals surface area (Å²) < 4.78 is 17.4. The van der Waals surface area contributed by atoms with Crippen LogP contribution in [0.25, 0.3) is 0 Å². The Bertz CT molecular complexity index is 1010. The van der Waals surface area contributed by atoms with Gasteiger partial charge in [-0.25, -0.2) is 0 Å². The number of hydrogen-bond acceptors (Lipinski definition) is 5. The van der Waals surface area contributed by atoms with Crippen LogP contribution in [0, 0.1) is 0 Å². The number of carbonyl (C=O) groups excluding carboxylic acids is 1. The van der Waals surface area contributed by atoms with Crippen LogP contribution in [-0.2, 0) is 17.8 Å². The molecule has 0 fully saturated rings. The third kappa shape index (κ3) is 4.51. The Labute approximate surface area is 169 Å². The SMILES string of the molecule is CC(=O)Oc1ccc2c(c1)OC(c1ccc(O)cc1OCc1ccccc1)CC2. The van der Waals surface area contributed by atoms with Crippen molar-refractivity contribution >= 4 is 5.97 Å². The van der Waals surface area contributed by atoms with E-state index in [2.05, 4.69) is 0 Å². The van der Waals surface area contributed by atoms with Crippen LogP contribution >= 0.6 is 0 Å². The summed E-state index contributed by atoms with van der Waals surface area (Å²) in [7, 11) is 0. The van der Waals surface area contributed by atoms with E-state index in [-0.39, 0.29) is 17.8 Å². The van der Waals surface area contributed by atoms with Gasteiger partial charge in [-0.3, -0.25) is 4.79 Å². The predicted octanol–water partition coefficient (Wildman–Crippen LogP) is 4.96. The molecule has 0 saturated carbocycles. The van der Waals surface area contributed by atoms with E-state index in [0.29, 0.717) is 23.9 Å². The van der Waals surface area contributed by atoms with Crippen molar-refractivity contribution in [2.45, 2.75) is 32.5 Å². The largest absolute Gasteiger partial charge is 0.508 e. The lowest BCUT2D eigenvalue weighted by molar-refractivity contribution is -0.131. The Kier molecular flexibility index (Phi) is 5.38. The smallest absolute Gasteiger partial charge is 0.308 e. The normalized spacial score (nSPS) is 15.1. The van der Waals surface area contributed by atoms with E-state index in [1.54, 1.807) is 24.3 Å². The molecule has 0 spiro atoms. The zero-order valence-corrected chi connectivity index (χ0v) is 16.1. The van der Waals surface area contributed by atoms with E-state index >= 15 is 0 Å². The maximum atomic E-state index is 11.2. The zero-order valence-electron chi connectivity index (χ0n) is 16.1. The number of fused-ring (bicyclic) bond motifs is 1. The molecule has 3 aromatic rings. The van der Waals surface area contributed by atoms with Crippen molar-refractivity contribution < 1.29 is 24.1 Å². The van der Waals surface area contributed by atoms with Gasteiger partial charge in [0.1, 0.15) is 35.7 Å². The summed E-state index contributed by atoms with van der Waals surface area (Å²) in [5.74, 6) is 1.53. The molecule has 0 aliphatic carbocycles. The van der Waals surface area contributed by atoms with Crippen LogP contribution in [-0.4, -0.2) is 11.1 Å². The third-order valence-corrected chi connectivity index (χ3v) is 4.83. The summed E-state index contributed by atoms with van der Waals surface area (Å²) in [5.41, 5.74) is 2.99. The highest BCUT2D eigenvalue weighted by atomic mass is 16.5. The quantitative estimate of drug-likeness (QED) is 0.493. The molecule has 0 saturated heterocycles. The average Bonchev–Trinajstić information content (AvgIpc) is 2.72. The summed E-state index contributed by atoms with van der Waals surface area (Å²) in [6, 6.07) is 20.4. The lowest BCUT2D eigenvalue weighted by atomic mass is 9.96. The summed E-state index contributed by atoms with van der Waals surface area (Å²) in [6.07, 6.45) is 1.40. The van der Waals surface area contributed by atoms with Gasteiger partial charge in [0.15, 0.2) is 0 Å². The van der Waals surface area contributed by atoms with Gasteiger partial charge in [0.05, 0.1) is 0 Å². The second kappa shape index (κ2) is 8.27. The first-order chi connectivity index (χ1) is 14.1. The van der Waals surface area contributed by atoms with Crippen LogP contribution in [0.1, 0.15) is 36.1 Å². The molecule has 0 aromatic heterocycles. The number of phenols is 1. The van der Waals surface area contributed by atoms with Crippen molar-refractivity contribution in [3.8, 4) is 23.0 Å². The molecule has 5 nitrogen and oxygen atoms in total. The van der Waals surface area contributed by atoms with E-state index < -0.39 is 0 Å². The monoisotopic (exact) mass is 390 g/mol. The van der Waals surface area contributed by atoms with Gasteiger partial charge in [-0.2, -0.15) is 0 Å². The van der Waals surface area contributed by atoms with E-state index in [4.69, 9.17) is 14.2 Å². The molecule has 1 unspecified atom stereocenters. The van der Waals surface area contributed by atoms with Crippen LogP contribution < -0.4 is 14.2 Å². The number of hydrogen-bond donors (Lipinski definition) is 1. The molecule has 4 rings (SSSR count). The van der Waals surface area contributed by atoms with Gasteiger partial charge in [-0.15, -0.1) is 0 Å². The Balaban J connectivity index is 1.56. The minimum Gasteiger partial charge on any atom is -0.508 e. The number of aryl methyl sites for hydroxylation is 1. The molecule has 1 aliphatic heterocycles. The van der Waals surface area contributed by atoms with Crippen molar-refractivity contribution in [3.63, 3.8) is 0 Å². The summed E-state index contributed by atoms with van der Waals surface area (Å²) >= 11 is 0. The molecule has 1 atom stereocenters. The number of carbonyl (C=O) groups is 1. The molecule has 1 aliphatic rings. The fraction of sp³-hybridized carbons (Fsp3) is 0.208. The highest BCUT2D eigenvalue weighted by molar-refractivity contribution is 5.69. The minimum absolute atomic E-state index is 0.144. The summed E-state index contributed by atoms with van der Waals surface area (Å²) in [6.45, 7) is 1.77. The number of phenolic OH excluding ortho intramolecular Hbond substituents is 1. The Morgan fingerprint density at radius 3 is 2.72 bits per heavy atom. The minimum atomic E-state index is -0.368. The first-order valence-electron chi connectivity index (χ1n) is 9.56. The maximum absolute atomic E-state index is 11.2. The van der Waals surface area contributed by atoms with Crippen LogP contribution in [0.3, 0.4) is 0 Å². The van der Waals surface area contributed by atoms with Gasteiger partial charge in [0.2, 0.25) is 0 Å². The van der Waals surface area contributed by atoms with E-state index in [1.165, 1.54) is 6.92 Å². The zero-order chi connectivity index (χ0) is 20.2. The third-order valence-electron chi connectivity index (χ3n) is 4.83. The number of ether oxygens (including phenoxy) is 3. The second-order valence-corrected chi connectivity index (χ2v) is 7.00. The van der Waals surface area contributed by atoms with Crippen LogP contribution in [0.4, 0.5) is 0 Å². The van der Waals surface area contributed by atoms with Crippen molar-refractivity contribution in [2.75, 3.05) is 0 Å². The van der Waals surface area contributed by atoms with E-state index in [1.807, 2.05) is 42.5 Å². The molecule has 0 radical (unpaired) electrons. The average molecular weight is 390 g/mol. The van der Waals surface area contributed by atoms with Crippen LogP contribution in [0.2, 0.25) is 0 Å². The highest BCUT2D eigenvalue weighted by Gasteiger charge is 2.25. The number of rotatable bonds is 5. The number of benzene rings is 3. The molecule has 1 heterocycles. The molecule has 3 aromatic carbocycles. The molecule has 0 bridgehead atoms. The van der Waals surface area contributed by atoms with Gasteiger partial charge < -0.3 is 19.3 Å². The summed E-state index contributed by atoms with van der Waals surface area (Å²) in [4.78, 5) is 11.2. The van der Waals surface area contributed by atoms with Crippen molar-refractivity contribution in [1.82, 2.24) is 0 Å². The fourth-order valence-electron chi connectivity index (χ4n) is 3.45. The van der Waals surface area contributed by atoms with Gasteiger partial charge in [0, 0.05) is 24.6 Å². The van der Waals surface area contributed by atoms with E-state index in [0.717, 1.165) is 29.5 Å². The van der Waals surface area contributed by atoms with Crippen LogP contribution in [0.15, 0.2) is 66.7 Å². The summed E-state index contributed by atoms with van der Waals surface area (Å²) in [5, 5.41) is 9.94. The maximum Gasteiger partial charge on any atom is 0.308 e. The lowest BCUT2D eigenvalue weighted by Gasteiger charge is -2.28. The fourth-order valence-corrected chi connectivity index (χ4v) is 3.45. The first kappa shape index (κ1) is 18.9. The molecule has 148 valence electrons. The van der Waals surface area contributed by atoms with Crippen molar-refractivity contribution in [3.05, 3.63) is 83.4 Å². The van der Waals surface area contributed by atoms with Gasteiger partial charge >= 0.3 is 5.97 Å². The molecular weight excluding hydrogens is 368 g/mol. The molecule has 1 N–H and O–H groups in total. The Hall–Kier alpha value is -3.47. The van der Waals surface area contributed by atoms with Crippen molar-refractivity contribution in [2.24, 2.45) is 0 Å². The van der Waals surface area contributed by atoms with Gasteiger partial charge in [0.25, 0.3) is 0 Å². The lowest BCUT2D eigenvalue weighted by Crippen LogP contribution is -2.16. The molecule has 5 heteroatoms. The topological polar surface area (TPSA) is 65.0 Å². The van der Waals surface area contributed by atoms with E-state index in [9.17, 15) is 9.90 Å². The second-order valence-electron chi connectivity index (χ2n) is 7.00. The van der Waals surface area contributed by atoms with Crippen LogP contribution in [0.5, 0.6) is 23.0 Å². The number of aromatic hydroxyl groups is 1. The van der Waals surface area contributed by atoms with Crippen molar-refractivity contribution in [1.29, 1.82) is 0 Å². The van der Waals surface area contributed by atoms with Gasteiger partial charge in [-0.05, 0) is 42.2 Å². The molecule has 29 heavy (non-hydrogen) atoms. The highest BCUT2D eigenvalue weighted by Crippen LogP contribution is 2.40. The molecular formula is C24H22O5. The predicted molar refractivity (Wildman–Crippen MR) is 108 cm³/mol. The number of esters is 1. The first-order valence-corrected chi connectivity index (χ1v) is 9.56. The Morgan fingerprint density at radius 1 is 1.10 bits per heavy atom. The Morgan fingerprint density at radius 2 is 1.93 bits per heavy atom.